The molecule has 3 aromatic heterocycles. The highest BCUT2D eigenvalue weighted by molar-refractivity contribution is 7.13. The summed E-state index contributed by atoms with van der Waals surface area (Å²) in [5.41, 5.74) is 4.34. The molecule has 3 aromatic rings. The van der Waals surface area contributed by atoms with Gasteiger partial charge in [0, 0.05) is 35.9 Å². The molecule has 4 heterocycles. The molecule has 4 nitrogen and oxygen atoms in total. The zero-order valence-corrected chi connectivity index (χ0v) is 13.3. The fourth-order valence-electron chi connectivity index (χ4n) is 2.73. The third-order valence-corrected chi connectivity index (χ3v) is 5.25. The lowest BCUT2D eigenvalue weighted by molar-refractivity contribution is -0.135. The summed E-state index contributed by atoms with van der Waals surface area (Å²) in [6.07, 6.45) is 5.00. The van der Waals surface area contributed by atoms with E-state index in [9.17, 15) is 4.79 Å². The highest BCUT2D eigenvalue weighted by Gasteiger charge is 2.20. The topological polar surface area (TPSA) is 38.1 Å². The molecular weight excluding hydrogens is 294 g/mol. The molecule has 0 N–H and O–H groups in total. The third kappa shape index (κ3) is 2.31. The van der Waals surface area contributed by atoms with Crippen molar-refractivity contribution in [1.82, 2.24) is 14.5 Å². The maximum atomic E-state index is 12.2. The van der Waals surface area contributed by atoms with Crippen LogP contribution in [0.15, 0.2) is 36.0 Å². The molecule has 1 aliphatic heterocycles. The number of pyridine rings is 1. The van der Waals surface area contributed by atoms with Crippen LogP contribution in [-0.4, -0.2) is 33.4 Å². The summed E-state index contributed by atoms with van der Waals surface area (Å²) in [6.45, 7) is 4.30. The number of nitrogens with zero attached hydrogens (tertiary/aromatic N) is 3. The van der Waals surface area contributed by atoms with E-state index in [0.717, 1.165) is 36.1 Å². The van der Waals surface area contributed by atoms with Gasteiger partial charge >= 0.3 is 0 Å². The van der Waals surface area contributed by atoms with Crippen molar-refractivity contribution in [2.24, 2.45) is 0 Å². The fourth-order valence-corrected chi connectivity index (χ4v) is 3.61. The van der Waals surface area contributed by atoms with E-state index in [1.165, 1.54) is 10.4 Å². The molecule has 0 spiro atoms. The minimum Gasteiger partial charge on any atom is -0.341 e. The number of thiophene rings is 1. The van der Waals surface area contributed by atoms with E-state index in [4.69, 9.17) is 0 Å². The molecule has 0 unspecified atom stereocenters. The Labute approximate surface area is 133 Å². The first-order valence-electron chi connectivity index (χ1n) is 7.49. The molecule has 5 heteroatoms. The van der Waals surface area contributed by atoms with Crippen molar-refractivity contribution in [3.63, 3.8) is 0 Å². The predicted molar refractivity (Wildman–Crippen MR) is 89.0 cm³/mol. The van der Waals surface area contributed by atoms with Crippen molar-refractivity contribution in [1.29, 1.82) is 0 Å². The molecule has 0 aliphatic carbocycles. The standard InChI is InChI=1S/C17H17N3OS/c1-12-7-16(22-11-12)13-8-15-14(18-9-13)3-6-20(15)10-17(21)19-4-2-5-19/h3,6-9,11H,2,4-5,10H2,1H3. The van der Waals surface area contributed by atoms with Gasteiger partial charge in [0.15, 0.2) is 0 Å². The normalized spacial score (nSPS) is 14.3. The third-order valence-electron chi connectivity index (χ3n) is 4.15. The number of likely N-dealkylation sites (tertiary alicyclic amines) is 1. The van der Waals surface area contributed by atoms with E-state index in [-0.39, 0.29) is 5.91 Å². The first kappa shape index (κ1) is 13.5. The molecule has 0 atom stereocenters. The van der Waals surface area contributed by atoms with Gasteiger partial charge in [-0.1, -0.05) is 0 Å². The van der Waals surface area contributed by atoms with Crippen LogP contribution in [0.25, 0.3) is 21.5 Å². The van der Waals surface area contributed by atoms with Crippen LogP contribution in [0.3, 0.4) is 0 Å². The van der Waals surface area contributed by atoms with Crippen molar-refractivity contribution in [3.05, 3.63) is 41.5 Å². The molecule has 0 bridgehead atoms. The maximum Gasteiger partial charge on any atom is 0.242 e. The Morgan fingerprint density at radius 3 is 2.91 bits per heavy atom. The van der Waals surface area contributed by atoms with Crippen LogP contribution in [0.2, 0.25) is 0 Å². The molecule has 4 rings (SSSR count). The van der Waals surface area contributed by atoms with Crippen molar-refractivity contribution >= 4 is 28.3 Å². The number of amides is 1. The van der Waals surface area contributed by atoms with E-state index >= 15 is 0 Å². The van der Waals surface area contributed by atoms with Gasteiger partial charge in [0.05, 0.1) is 11.0 Å². The molecule has 112 valence electrons. The number of rotatable bonds is 3. The number of carbonyl (C=O) groups excluding carboxylic acids is 1. The number of fused-ring (bicyclic) bond motifs is 1. The van der Waals surface area contributed by atoms with Crippen molar-refractivity contribution in [2.75, 3.05) is 13.1 Å². The zero-order chi connectivity index (χ0) is 15.1. The van der Waals surface area contributed by atoms with E-state index in [1.807, 2.05) is 27.9 Å². The van der Waals surface area contributed by atoms with Gasteiger partial charge in [-0.3, -0.25) is 9.78 Å². The van der Waals surface area contributed by atoms with E-state index < -0.39 is 0 Å². The quantitative estimate of drug-likeness (QED) is 0.744. The second-order valence-corrected chi connectivity index (χ2v) is 6.71. The Hall–Kier alpha value is -2.14. The molecule has 22 heavy (non-hydrogen) atoms. The predicted octanol–water partition coefficient (Wildman–Crippen LogP) is 3.31. The summed E-state index contributed by atoms with van der Waals surface area (Å²) in [6, 6.07) is 6.28. The van der Waals surface area contributed by atoms with Gasteiger partial charge < -0.3 is 9.47 Å². The van der Waals surface area contributed by atoms with E-state index in [1.54, 1.807) is 11.3 Å². The molecule has 0 radical (unpaired) electrons. The summed E-state index contributed by atoms with van der Waals surface area (Å²) < 4.78 is 2.01. The lowest BCUT2D eigenvalue weighted by Crippen LogP contribution is -2.43. The molecule has 1 saturated heterocycles. The van der Waals surface area contributed by atoms with E-state index in [0.29, 0.717) is 6.54 Å². The Morgan fingerprint density at radius 1 is 1.36 bits per heavy atom. The number of aromatic nitrogens is 2. The van der Waals surface area contributed by atoms with Crippen LogP contribution < -0.4 is 0 Å². The van der Waals surface area contributed by atoms with Crippen LogP contribution in [0.1, 0.15) is 12.0 Å². The highest BCUT2D eigenvalue weighted by Crippen LogP contribution is 2.29. The molecular formula is C17H17N3OS. The van der Waals surface area contributed by atoms with Crippen LogP contribution in [-0.2, 0) is 11.3 Å². The lowest BCUT2D eigenvalue weighted by Gasteiger charge is -2.31. The van der Waals surface area contributed by atoms with E-state index in [2.05, 4.69) is 29.4 Å². The summed E-state index contributed by atoms with van der Waals surface area (Å²) >= 11 is 1.73. The summed E-state index contributed by atoms with van der Waals surface area (Å²) in [4.78, 5) is 19.8. The Morgan fingerprint density at radius 2 is 2.23 bits per heavy atom. The van der Waals surface area contributed by atoms with Gasteiger partial charge in [0.25, 0.3) is 0 Å². The van der Waals surface area contributed by atoms with Crippen LogP contribution >= 0.6 is 11.3 Å². The number of aryl methyl sites for hydroxylation is 1. The average molecular weight is 311 g/mol. The highest BCUT2D eigenvalue weighted by atomic mass is 32.1. The zero-order valence-electron chi connectivity index (χ0n) is 12.5. The fraction of sp³-hybridized carbons (Fsp3) is 0.294. The number of carbonyl (C=O) groups is 1. The first-order valence-corrected chi connectivity index (χ1v) is 8.37. The summed E-state index contributed by atoms with van der Waals surface area (Å²) in [5.74, 6) is 0.195. The smallest absolute Gasteiger partial charge is 0.242 e. The number of hydrogen-bond donors (Lipinski definition) is 0. The van der Waals surface area contributed by atoms with Crippen molar-refractivity contribution < 1.29 is 4.79 Å². The van der Waals surface area contributed by atoms with Gasteiger partial charge in [0.1, 0.15) is 6.54 Å². The average Bonchev–Trinajstić information content (AvgIpc) is 3.03. The van der Waals surface area contributed by atoms with Gasteiger partial charge in [-0.2, -0.15) is 0 Å². The van der Waals surface area contributed by atoms with Gasteiger partial charge in [-0.25, -0.2) is 0 Å². The molecule has 1 fully saturated rings. The van der Waals surface area contributed by atoms with Crippen molar-refractivity contribution in [3.8, 4) is 10.4 Å². The van der Waals surface area contributed by atoms with Gasteiger partial charge in [-0.15, -0.1) is 11.3 Å². The monoisotopic (exact) mass is 311 g/mol. The Kier molecular flexibility index (Phi) is 3.22. The molecule has 0 aromatic carbocycles. The second-order valence-electron chi connectivity index (χ2n) is 5.79. The molecule has 0 saturated carbocycles. The van der Waals surface area contributed by atoms with Crippen molar-refractivity contribution in [2.45, 2.75) is 19.9 Å². The summed E-state index contributed by atoms with van der Waals surface area (Å²) in [7, 11) is 0. The minimum absolute atomic E-state index is 0.195. The lowest BCUT2D eigenvalue weighted by atomic mass is 10.2. The number of hydrogen-bond acceptors (Lipinski definition) is 3. The van der Waals surface area contributed by atoms with Gasteiger partial charge in [0.2, 0.25) is 5.91 Å². The largest absolute Gasteiger partial charge is 0.341 e. The van der Waals surface area contributed by atoms with Crippen LogP contribution in [0.4, 0.5) is 0 Å². The molecule has 1 aliphatic rings. The Bertz CT molecular complexity index is 845. The van der Waals surface area contributed by atoms with Crippen LogP contribution in [0, 0.1) is 6.92 Å². The summed E-state index contributed by atoms with van der Waals surface area (Å²) in [5, 5.41) is 2.14. The Balaban J connectivity index is 1.68. The minimum atomic E-state index is 0.195. The van der Waals surface area contributed by atoms with Crippen LogP contribution in [0.5, 0.6) is 0 Å². The second kappa shape index (κ2) is 5.25. The maximum absolute atomic E-state index is 12.2. The molecule has 1 amide bonds. The first-order chi connectivity index (χ1) is 10.7. The SMILES string of the molecule is Cc1csc(-c2cnc3ccn(CC(=O)N4CCC4)c3c2)c1. The van der Waals surface area contributed by atoms with Gasteiger partial charge in [-0.05, 0) is 42.5 Å².